The van der Waals surface area contributed by atoms with Gasteiger partial charge in [-0.3, -0.25) is 0 Å². The van der Waals surface area contributed by atoms with E-state index in [1.165, 1.54) is 11.6 Å². The normalized spacial score (nSPS) is 10.5. The average Bonchev–Trinajstić information content (AvgIpc) is 2.45. The highest BCUT2D eigenvalue weighted by molar-refractivity contribution is 5.47. The number of para-hydroxylation sites is 1. The van der Waals surface area contributed by atoms with Gasteiger partial charge in [0.1, 0.15) is 5.82 Å². The van der Waals surface area contributed by atoms with Crippen molar-refractivity contribution in [2.24, 2.45) is 0 Å². The Balaban J connectivity index is 1.93. The van der Waals surface area contributed by atoms with Crippen molar-refractivity contribution in [3.05, 3.63) is 59.9 Å². The monoisotopic (exact) mass is 272 g/mol. The van der Waals surface area contributed by atoms with E-state index in [-0.39, 0.29) is 5.82 Å². The lowest BCUT2D eigenvalue weighted by molar-refractivity contribution is 0.626. The van der Waals surface area contributed by atoms with Gasteiger partial charge < -0.3 is 10.6 Å². The van der Waals surface area contributed by atoms with Gasteiger partial charge in [-0.2, -0.15) is 0 Å². The molecule has 2 N–H and O–H groups in total. The zero-order valence-electron chi connectivity index (χ0n) is 11.8. The Hall–Kier alpha value is -2.03. The molecule has 0 radical (unpaired) electrons. The lowest BCUT2D eigenvalue weighted by Gasteiger charge is -2.23. The van der Waals surface area contributed by atoms with E-state index in [0.29, 0.717) is 0 Å². The summed E-state index contributed by atoms with van der Waals surface area (Å²) in [6, 6.07) is 14.7. The molecule has 20 heavy (non-hydrogen) atoms. The third-order valence-corrected chi connectivity index (χ3v) is 3.48. The van der Waals surface area contributed by atoms with Gasteiger partial charge in [-0.05, 0) is 49.6 Å². The summed E-state index contributed by atoms with van der Waals surface area (Å²) in [6.45, 7) is 3.85. The third kappa shape index (κ3) is 3.73. The maximum absolute atomic E-state index is 13.3. The van der Waals surface area contributed by atoms with E-state index in [0.717, 1.165) is 37.3 Å². The minimum Gasteiger partial charge on any atom is -0.399 e. The van der Waals surface area contributed by atoms with Crippen molar-refractivity contribution in [3.8, 4) is 0 Å². The molecule has 0 spiro atoms. The first-order chi connectivity index (χ1) is 9.70. The zero-order valence-corrected chi connectivity index (χ0v) is 11.8. The summed E-state index contributed by atoms with van der Waals surface area (Å²) in [5.74, 6) is -0.187. The fourth-order valence-corrected chi connectivity index (χ4v) is 2.36. The fourth-order valence-electron chi connectivity index (χ4n) is 2.36. The van der Waals surface area contributed by atoms with Crippen LogP contribution < -0.4 is 10.6 Å². The van der Waals surface area contributed by atoms with Crippen molar-refractivity contribution in [2.45, 2.75) is 19.8 Å². The van der Waals surface area contributed by atoms with Crippen molar-refractivity contribution in [2.75, 3.05) is 23.7 Å². The van der Waals surface area contributed by atoms with Crippen LogP contribution in [-0.4, -0.2) is 13.1 Å². The van der Waals surface area contributed by atoms with Gasteiger partial charge in [0.2, 0.25) is 0 Å². The van der Waals surface area contributed by atoms with Gasteiger partial charge in [-0.15, -0.1) is 0 Å². The van der Waals surface area contributed by atoms with Crippen molar-refractivity contribution in [1.82, 2.24) is 0 Å². The summed E-state index contributed by atoms with van der Waals surface area (Å²) >= 11 is 0. The molecular formula is C17H21FN2. The lowest BCUT2D eigenvalue weighted by Crippen LogP contribution is -2.24. The minimum absolute atomic E-state index is 0.187. The SMILES string of the molecule is CCN(CCCc1ccccc1N)c1cccc(F)c1. The number of rotatable bonds is 6. The number of nitrogens with two attached hydrogens (primary N) is 1. The molecule has 0 heterocycles. The largest absolute Gasteiger partial charge is 0.399 e. The maximum Gasteiger partial charge on any atom is 0.125 e. The lowest BCUT2D eigenvalue weighted by atomic mass is 10.1. The molecule has 2 aromatic carbocycles. The first-order valence-corrected chi connectivity index (χ1v) is 7.04. The smallest absolute Gasteiger partial charge is 0.125 e. The van der Waals surface area contributed by atoms with E-state index >= 15 is 0 Å². The predicted octanol–water partition coefficient (Wildman–Crippen LogP) is 3.87. The standard InChI is InChI=1S/C17H21FN2/c1-2-20(16-10-5-9-15(18)13-16)12-6-8-14-7-3-4-11-17(14)19/h3-5,7,9-11,13H,2,6,8,12,19H2,1H3. The second kappa shape index (κ2) is 6.94. The van der Waals surface area contributed by atoms with Crippen molar-refractivity contribution in [3.63, 3.8) is 0 Å². The molecular weight excluding hydrogens is 251 g/mol. The Morgan fingerprint density at radius 2 is 1.90 bits per heavy atom. The molecule has 0 fully saturated rings. The number of halogens is 1. The van der Waals surface area contributed by atoms with E-state index < -0.39 is 0 Å². The van der Waals surface area contributed by atoms with Crippen LogP contribution in [0.5, 0.6) is 0 Å². The topological polar surface area (TPSA) is 29.3 Å². The van der Waals surface area contributed by atoms with Crippen LogP contribution in [0.25, 0.3) is 0 Å². The molecule has 0 aliphatic carbocycles. The quantitative estimate of drug-likeness (QED) is 0.809. The van der Waals surface area contributed by atoms with Gasteiger partial charge in [0.25, 0.3) is 0 Å². The van der Waals surface area contributed by atoms with Gasteiger partial charge >= 0.3 is 0 Å². The Labute approximate surface area is 120 Å². The molecule has 0 aromatic heterocycles. The molecule has 0 unspecified atom stereocenters. The average molecular weight is 272 g/mol. The maximum atomic E-state index is 13.3. The second-order valence-corrected chi connectivity index (χ2v) is 4.86. The summed E-state index contributed by atoms with van der Waals surface area (Å²) in [4.78, 5) is 2.18. The number of nitrogen functional groups attached to an aromatic ring is 1. The van der Waals surface area contributed by atoms with Crippen molar-refractivity contribution < 1.29 is 4.39 Å². The van der Waals surface area contributed by atoms with E-state index in [2.05, 4.69) is 17.9 Å². The minimum atomic E-state index is -0.187. The molecule has 0 aliphatic rings. The number of hydrogen-bond acceptors (Lipinski definition) is 2. The Kier molecular flexibility index (Phi) is 4.99. The fraction of sp³-hybridized carbons (Fsp3) is 0.294. The highest BCUT2D eigenvalue weighted by atomic mass is 19.1. The van der Waals surface area contributed by atoms with Crippen LogP contribution in [0, 0.1) is 5.82 Å². The molecule has 2 rings (SSSR count). The van der Waals surface area contributed by atoms with E-state index in [1.807, 2.05) is 24.3 Å². The van der Waals surface area contributed by atoms with Crippen LogP contribution in [0.4, 0.5) is 15.8 Å². The van der Waals surface area contributed by atoms with E-state index in [4.69, 9.17) is 5.73 Å². The molecule has 0 saturated carbocycles. The summed E-state index contributed by atoms with van der Waals surface area (Å²) in [5.41, 5.74) is 8.91. The number of hydrogen-bond donors (Lipinski definition) is 1. The molecule has 0 amide bonds. The summed E-state index contributed by atoms with van der Waals surface area (Å²) in [7, 11) is 0. The van der Waals surface area contributed by atoms with Gasteiger partial charge in [0.05, 0.1) is 0 Å². The summed E-state index contributed by atoms with van der Waals surface area (Å²) in [5, 5.41) is 0. The zero-order chi connectivity index (χ0) is 14.4. The first kappa shape index (κ1) is 14.4. The van der Waals surface area contributed by atoms with Crippen LogP contribution in [0.2, 0.25) is 0 Å². The Morgan fingerprint density at radius 1 is 1.10 bits per heavy atom. The molecule has 0 aliphatic heterocycles. The molecule has 0 atom stereocenters. The van der Waals surface area contributed by atoms with Crippen LogP contribution in [0.15, 0.2) is 48.5 Å². The van der Waals surface area contributed by atoms with Crippen LogP contribution >= 0.6 is 0 Å². The van der Waals surface area contributed by atoms with Crippen LogP contribution in [0.3, 0.4) is 0 Å². The number of anilines is 2. The number of nitrogens with zero attached hydrogens (tertiary/aromatic N) is 1. The molecule has 2 aromatic rings. The van der Waals surface area contributed by atoms with Crippen LogP contribution in [0.1, 0.15) is 18.9 Å². The van der Waals surface area contributed by atoms with Gasteiger partial charge in [-0.1, -0.05) is 24.3 Å². The van der Waals surface area contributed by atoms with Crippen molar-refractivity contribution in [1.29, 1.82) is 0 Å². The highest BCUT2D eigenvalue weighted by Gasteiger charge is 2.05. The Bertz CT molecular complexity index is 554. The van der Waals surface area contributed by atoms with E-state index in [1.54, 1.807) is 12.1 Å². The van der Waals surface area contributed by atoms with Gasteiger partial charge in [0.15, 0.2) is 0 Å². The summed E-state index contributed by atoms with van der Waals surface area (Å²) in [6.07, 6.45) is 1.94. The molecule has 0 saturated heterocycles. The number of aryl methyl sites for hydroxylation is 1. The molecule has 2 nitrogen and oxygen atoms in total. The molecule has 0 bridgehead atoms. The van der Waals surface area contributed by atoms with Gasteiger partial charge in [0, 0.05) is 24.5 Å². The highest BCUT2D eigenvalue weighted by Crippen LogP contribution is 2.17. The second-order valence-electron chi connectivity index (χ2n) is 4.86. The Morgan fingerprint density at radius 3 is 2.60 bits per heavy atom. The van der Waals surface area contributed by atoms with Gasteiger partial charge in [-0.25, -0.2) is 4.39 Å². The predicted molar refractivity (Wildman–Crippen MR) is 83.5 cm³/mol. The van der Waals surface area contributed by atoms with Crippen LogP contribution in [-0.2, 0) is 6.42 Å². The third-order valence-electron chi connectivity index (χ3n) is 3.48. The molecule has 106 valence electrons. The summed E-state index contributed by atoms with van der Waals surface area (Å²) < 4.78 is 13.3. The number of benzene rings is 2. The van der Waals surface area contributed by atoms with Crippen molar-refractivity contribution >= 4 is 11.4 Å². The molecule has 3 heteroatoms. The van der Waals surface area contributed by atoms with E-state index in [9.17, 15) is 4.39 Å². The first-order valence-electron chi connectivity index (χ1n) is 7.04.